The van der Waals surface area contributed by atoms with Crippen LogP contribution in [-0.4, -0.2) is 37.7 Å². The summed E-state index contributed by atoms with van der Waals surface area (Å²) in [6.45, 7) is 9.75. The molecule has 0 amide bonds. The maximum absolute atomic E-state index is 5.23. The Bertz CT molecular complexity index is 89.3. The molecule has 0 saturated carbocycles. The van der Waals surface area contributed by atoms with Crippen molar-refractivity contribution >= 4 is 0 Å². The summed E-state index contributed by atoms with van der Waals surface area (Å²) in [6.07, 6.45) is 0. The maximum Gasteiger partial charge on any atom is 0.0593 e. The van der Waals surface area contributed by atoms with Crippen LogP contribution < -0.4 is 0 Å². The third-order valence-corrected chi connectivity index (χ3v) is 1.90. The number of nitrogens with zero attached hydrogens (tertiary/aromatic N) is 1. The van der Waals surface area contributed by atoms with Gasteiger partial charge < -0.3 is 9.64 Å². The van der Waals surface area contributed by atoms with Gasteiger partial charge in [-0.2, -0.15) is 0 Å². The predicted octanol–water partition coefficient (Wildman–Crippen LogP) is 0.975. The van der Waals surface area contributed by atoms with Gasteiger partial charge in [0.25, 0.3) is 0 Å². The maximum atomic E-state index is 5.23. The molecule has 10 heavy (non-hydrogen) atoms. The quantitative estimate of drug-likeness (QED) is 0.544. The van der Waals surface area contributed by atoms with E-state index in [1.807, 2.05) is 6.92 Å². The Morgan fingerprint density at radius 1 is 1.50 bits per heavy atom. The van der Waals surface area contributed by atoms with Crippen molar-refractivity contribution in [2.75, 3.05) is 32.8 Å². The molecular formula is C8H17NO. The van der Waals surface area contributed by atoms with Crippen molar-refractivity contribution in [3.05, 3.63) is 0 Å². The van der Waals surface area contributed by atoms with Crippen LogP contribution in [0.4, 0.5) is 0 Å². The molecule has 0 aromatic rings. The molecule has 0 radical (unpaired) electrons. The Labute approximate surface area is 63.2 Å². The van der Waals surface area contributed by atoms with Gasteiger partial charge in [-0.1, -0.05) is 6.92 Å². The molecule has 1 aliphatic rings. The van der Waals surface area contributed by atoms with Crippen molar-refractivity contribution in [3.8, 4) is 0 Å². The van der Waals surface area contributed by atoms with Gasteiger partial charge in [0.1, 0.15) is 0 Å². The van der Waals surface area contributed by atoms with Crippen molar-refractivity contribution in [1.29, 1.82) is 0 Å². The van der Waals surface area contributed by atoms with Crippen LogP contribution >= 0.6 is 0 Å². The highest BCUT2D eigenvalue weighted by atomic mass is 16.5. The van der Waals surface area contributed by atoms with E-state index in [2.05, 4.69) is 11.8 Å². The van der Waals surface area contributed by atoms with Crippen LogP contribution in [0.2, 0.25) is 0 Å². The first kappa shape index (κ1) is 8.02. The smallest absolute Gasteiger partial charge is 0.0593 e. The van der Waals surface area contributed by atoms with Gasteiger partial charge in [0.05, 0.1) is 6.61 Å². The number of hydrogen-bond acceptors (Lipinski definition) is 2. The summed E-state index contributed by atoms with van der Waals surface area (Å²) >= 11 is 0. The molecule has 1 saturated heterocycles. The van der Waals surface area contributed by atoms with E-state index in [-0.39, 0.29) is 0 Å². The van der Waals surface area contributed by atoms with Gasteiger partial charge in [0.2, 0.25) is 0 Å². The second kappa shape index (κ2) is 3.94. The Balaban J connectivity index is 1.86. The van der Waals surface area contributed by atoms with E-state index in [9.17, 15) is 0 Å². The Morgan fingerprint density at radius 3 is 2.70 bits per heavy atom. The number of ether oxygens (including phenoxy) is 1. The van der Waals surface area contributed by atoms with Crippen LogP contribution in [0.1, 0.15) is 13.8 Å². The first-order valence-corrected chi connectivity index (χ1v) is 4.13. The van der Waals surface area contributed by atoms with E-state index in [4.69, 9.17) is 4.74 Å². The molecule has 1 rings (SSSR count). The third-order valence-electron chi connectivity index (χ3n) is 1.90. The highest BCUT2D eigenvalue weighted by Gasteiger charge is 2.20. The van der Waals surface area contributed by atoms with Crippen LogP contribution in [0.15, 0.2) is 0 Å². The van der Waals surface area contributed by atoms with Gasteiger partial charge in [0, 0.05) is 26.2 Å². The van der Waals surface area contributed by atoms with Gasteiger partial charge in [-0.25, -0.2) is 0 Å². The minimum Gasteiger partial charge on any atom is -0.380 e. The van der Waals surface area contributed by atoms with Gasteiger partial charge in [-0.05, 0) is 12.8 Å². The fourth-order valence-corrected chi connectivity index (χ4v) is 1.35. The summed E-state index contributed by atoms with van der Waals surface area (Å²) in [5.74, 6) is 0.918. The molecule has 0 aromatic carbocycles. The molecule has 0 unspecified atom stereocenters. The number of likely N-dealkylation sites (tertiary alicyclic amines) is 1. The first-order chi connectivity index (χ1) is 4.83. The summed E-state index contributed by atoms with van der Waals surface area (Å²) in [4.78, 5) is 2.43. The van der Waals surface area contributed by atoms with Crippen molar-refractivity contribution in [2.45, 2.75) is 13.8 Å². The summed E-state index contributed by atoms with van der Waals surface area (Å²) in [7, 11) is 0. The average Bonchev–Trinajstić information content (AvgIpc) is 1.85. The minimum atomic E-state index is 0.851. The molecule has 1 heterocycles. The highest BCUT2D eigenvalue weighted by molar-refractivity contribution is 4.75. The van der Waals surface area contributed by atoms with Crippen molar-refractivity contribution in [3.63, 3.8) is 0 Å². The monoisotopic (exact) mass is 143 g/mol. The van der Waals surface area contributed by atoms with E-state index < -0.39 is 0 Å². The van der Waals surface area contributed by atoms with Gasteiger partial charge >= 0.3 is 0 Å². The lowest BCUT2D eigenvalue weighted by Gasteiger charge is -2.36. The molecule has 0 spiro atoms. The van der Waals surface area contributed by atoms with E-state index in [1.165, 1.54) is 13.1 Å². The largest absolute Gasteiger partial charge is 0.380 e. The lowest BCUT2D eigenvalue weighted by atomic mass is 10.0. The zero-order chi connectivity index (χ0) is 7.40. The summed E-state index contributed by atoms with van der Waals surface area (Å²) < 4.78 is 5.23. The Kier molecular flexibility index (Phi) is 3.16. The molecule has 1 fully saturated rings. The summed E-state index contributed by atoms with van der Waals surface area (Å²) in [6, 6.07) is 0. The first-order valence-electron chi connectivity index (χ1n) is 4.13. The molecule has 1 aliphatic heterocycles. The van der Waals surface area contributed by atoms with Crippen molar-refractivity contribution < 1.29 is 4.74 Å². The molecule has 0 atom stereocenters. The average molecular weight is 143 g/mol. The molecule has 2 heteroatoms. The van der Waals surface area contributed by atoms with Crippen LogP contribution in [-0.2, 0) is 4.74 Å². The molecule has 0 N–H and O–H groups in total. The van der Waals surface area contributed by atoms with Crippen LogP contribution in [0.5, 0.6) is 0 Å². The van der Waals surface area contributed by atoms with Gasteiger partial charge in [0.15, 0.2) is 0 Å². The molecular weight excluding hydrogens is 126 g/mol. The fraction of sp³-hybridized carbons (Fsp3) is 1.00. The van der Waals surface area contributed by atoms with E-state index in [0.717, 1.165) is 25.7 Å². The van der Waals surface area contributed by atoms with E-state index >= 15 is 0 Å². The third kappa shape index (κ3) is 2.27. The Morgan fingerprint density at radius 2 is 2.20 bits per heavy atom. The standard InChI is InChI=1S/C8H17NO/c1-3-10-5-4-9-6-8(2)7-9/h8H,3-7H2,1-2H3. The number of rotatable bonds is 4. The van der Waals surface area contributed by atoms with Crippen molar-refractivity contribution in [2.24, 2.45) is 5.92 Å². The molecule has 2 nitrogen and oxygen atoms in total. The van der Waals surface area contributed by atoms with Crippen LogP contribution in [0, 0.1) is 5.92 Å². The normalized spacial score (nSPS) is 21.0. The molecule has 60 valence electrons. The van der Waals surface area contributed by atoms with E-state index in [1.54, 1.807) is 0 Å². The van der Waals surface area contributed by atoms with Crippen LogP contribution in [0.3, 0.4) is 0 Å². The SMILES string of the molecule is CCOCCN1CC(C)C1. The number of hydrogen-bond donors (Lipinski definition) is 0. The predicted molar refractivity (Wildman–Crippen MR) is 42.1 cm³/mol. The zero-order valence-corrected chi connectivity index (χ0v) is 6.97. The van der Waals surface area contributed by atoms with Crippen LogP contribution in [0.25, 0.3) is 0 Å². The molecule has 0 bridgehead atoms. The minimum absolute atomic E-state index is 0.851. The Hall–Kier alpha value is -0.0800. The second-order valence-corrected chi connectivity index (χ2v) is 3.06. The molecule has 0 aromatic heterocycles. The van der Waals surface area contributed by atoms with Gasteiger partial charge in [-0.15, -0.1) is 0 Å². The lowest BCUT2D eigenvalue weighted by Crippen LogP contribution is -2.46. The van der Waals surface area contributed by atoms with Crippen molar-refractivity contribution in [1.82, 2.24) is 4.90 Å². The highest BCUT2D eigenvalue weighted by Crippen LogP contribution is 2.12. The summed E-state index contributed by atoms with van der Waals surface area (Å²) in [5, 5.41) is 0. The summed E-state index contributed by atoms with van der Waals surface area (Å²) in [5.41, 5.74) is 0. The molecule has 0 aliphatic carbocycles. The van der Waals surface area contributed by atoms with Gasteiger partial charge in [-0.3, -0.25) is 0 Å². The zero-order valence-electron chi connectivity index (χ0n) is 6.97. The topological polar surface area (TPSA) is 12.5 Å². The van der Waals surface area contributed by atoms with E-state index in [0.29, 0.717) is 0 Å². The fourth-order valence-electron chi connectivity index (χ4n) is 1.35. The second-order valence-electron chi connectivity index (χ2n) is 3.06. The lowest BCUT2D eigenvalue weighted by molar-refractivity contribution is 0.0587.